The lowest BCUT2D eigenvalue weighted by Crippen LogP contribution is -2.00. The van der Waals surface area contributed by atoms with Crippen LogP contribution in [0.5, 0.6) is 0 Å². The molecule has 0 aromatic heterocycles. The molecule has 0 bridgehead atoms. The summed E-state index contributed by atoms with van der Waals surface area (Å²) in [6.07, 6.45) is 1.01. The maximum atomic E-state index is 11.8. The molecule has 2 aromatic carbocycles. The number of benzene rings is 2. The Hall–Kier alpha value is 0.130. The van der Waals surface area contributed by atoms with Crippen molar-refractivity contribution in [2.75, 3.05) is 6.26 Å². The average Bonchev–Trinajstić information content (AvgIpc) is 2.40. The van der Waals surface area contributed by atoms with Crippen LogP contribution in [0.15, 0.2) is 23.1 Å². The van der Waals surface area contributed by atoms with Crippen LogP contribution in [0.4, 0.5) is 0 Å². The first-order valence-corrected chi connectivity index (χ1v) is 9.72. The topological polar surface area (TPSA) is 34.1 Å². The third-order valence-electron chi connectivity index (χ3n) is 2.81. The van der Waals surface area contributed by atoms with Gasteiger partial charge in [-0.25, -0.2) is 8.42 Å². The molecule has 0 N–H and O–H groups in total. The van der Waals surface area contributed by atoms with E-state index in [1.807, 2.05) is 0 Å². The lowest BCUT2D eigenvalue weighted by Gasteiger charge is -2.13. The SMILES string of the molecule is CS(=O)(=O)c1cc(-c2cc(Cl)c(Cl)cc2Cl)c(Cl)c(Cl)c1Cl. The Balaban J connectivity index is 2.88. The van der Waals surface area contributed by atoms with E-state index in [9.17, 15) is 8.42 Å². The molecule has 0 fully saturated rings. The smallest absolute Gasteiger partial charge is 0.177 e. The molecule has 0 heterocycles. The third-order valence-corrected chi connectivity index (χ3v) is 6.44. The number of rotatable bonds is 2. The van der Waals surface area contributed by atoms with Gasteiger partial charge in [0, 0.05) is 17.4 Å². The van der Waals surface area contributed by atoms with E-state index >= 15 is 0 Å². The Kier molecular flexibility index (Phi) is 5.51. The maximum Gasteiger partial charge on any atom is 0.177 e. The summed E-state index contributed by atoms with van der Waals surface area (Å²) in [5.41, 5.74) is 0.685. The number of hydrogen-bond donors (Lipinski definition) is 0. The standard InChI is InChI=1S/C13H6Cl6O2S/c1-22(20,21)10-3-6(11(17)13(19)12(10)18)5-2-8(15)9(16)4-7(5)14/h2-4H,1H3. The minimum Gasteiger partial charge on any atom is -0.224 e. The Morgan fingerprint density at radius 3 is 1.77 bits per heavy atom. The van der Waals surface area contributed by atoms with Crippen LogP contribution in [0.1, 0.15) is 0 Å². The zero-order valence-electron chi connectivity index (χ0n) is 10.7. The van der Waals surface area contributed by atoms with E-state index in [1.165, 1.54) is 18.2 Å². The molecule has 0 radical (unpaired) electrons. The Bertz CT molecular complexity index is 877. The quantitative estimate of drug-likeness (QED) is 0.387. The molecule has 0 saturated carbocycles. The molecule has 9 heteroatoms. The molecular formula is C13H6Cl6O2S. The molecule has 2 aromatic rings. The lowest BCUT2D eigenvalue weighted by molar-refractivity contribution is 0.602. The highest BCUT2D eigenvalue weighted by Crippen LogP contribution is 2.45. The molecule has 0 unspecified atom stereocenters. The van der Waals surface area contributed by atoms with Crippen molar-refractivity contribution in [3.8, 4) is 11.1 Å². The van der Waals surface area contributed by atoms with E-state index in [4.69, 9.17) is 69.6 Å². The summed E-state index contributed by atoms with van der Waals surface area (Å²) < 4.78 is 23.7. The largest absolute Gasteiger partial charge is 0.224 e. The van der Waals surface area contributed by atoms with Crippen LogP contribution in [0.3, 0.4) is 0 Å². The Labute approximate surface area is 157 Å². The predicted octanol–water partition coefficient (Wildman–Crippen LogP) is 6.68. The van der Waals surface area contributed by atoms with E-state index < -0.39 is 9.84 Å². The fourth-order valence-electron chi connectivity index (χ4n) is 1.78. The maximum absolute atomic E-state index is 11.8. The molecule has 0 aliphatic rings. The van der Waals surface area contributed by atoms with Crippen molar-refractivity contribution < 1.29 is 8.42 Å². The summed E-state index contributed by atoms with van der Waals surface area (Å²) in [5, 5.41) is 0.588. The molecule has 0 amide bonds. The molecule has 22 heavy (non-hydrogen) atoms. The fraction of sp³-hybridized carbons (Fsp3) is 0.0769. The van der Waals surface area contributed by atoms with E-state index in [-0.39, 0.29) is 35.0 Å². The molecule has 0 aliphatic heterocycles. The molecule has 0 spiro atoms. The van der Waals surface area contributed by atoms with Crippen molar-refractivity contribution in [2.24, 2.45) is 0 Å². The molecule has 2 nitrogen and oxygen atoms in total. The zero-order chi connectivity index (χ0) is 16.8. The number of hydrogen-bond acceptors (Lipinski definition) is 2. The van der Waals surface area contributed by atoms with Crippen LogP contribution in [0, 0.1) is 0 Å². The number of halogens is 6. The zero-order valence-corrected chi connectivity index (χ0v) is 16.1. The molecule has 2 rings (SSSR count). The van der Waals surface area contributed by atoms with Crippen LogP contribution in [-0.4, -0.2) is 14.7 Å². The minimum atomic E-state index is -3.61. The summed E-state index contributed by atoms with van der Waals surface area (Å²) in [6, 6.07) is 4.21. The van der Waals surface area contributed by atoms with Gasteiger partial charge >= 0.3 is 0 Å². The van der Waals surface area contributed by atoms with Crippen LogP contribution < -0.4 is 0 Å². The normalized spacial score (nSPS) is 11.8. The van der Waals surface area contributed by atoms with Gasteiger partial charge in [-0.1, -0.05) is 69.6 Å². The Morgan fingerprint density at radius 1 is 0.682 bits per heavy atom. The van der Waals surface area contributed by atoms with Crippen LogP contribution >= 0.6 is 69.6 Å². The first-order valence-electron chi connectivity index (χ1n) is 5.56. The van der Waals surface area contributed by atoms with Gasteiger partial charge in [0.25, 0.3) is 0 Å². The lowest BCUT2D eigenvalue weighted by atomic mass is 10.1. The molecule has 118 valence electrons. The van der Waals surface area contributed by atoms with Crippen LogP contribution in [0.2, 0.25) is 30.1 Å². The van der Waals surface area contributed by atoms with Crippen molar-refractivity contribution >= 4 is 79.4 Å². The van der Waals surface area contributed by atoms with Gasteiger partial charge in [-0.15, -0.1) is 0 Å². The summed E-state index contributed by atoms with van der Waals surface area (Å²) in [6.45, 7) is 0. The van der Waals surface area contributed by atoms with Gasteiger partial charge in [0.1, 0.15) is 0 Å². The van der Waals surface area contributed by atoms with E-state index in [2.05, 4.69) is 0 Å². The number of sulfone groups is 1. The first kappa shape index (κ1) is 18.5. The monoisotopic (exact) mass is 436 g/mol. The highest BCUT2D eigenvalue weighted by atomic mass is 35.5. The Morgan fingerprint density at radius 2 is 1.23 bits per heavy atom. The highest BCUT2D eigenvalue weighted by Gasteiger charge is 2.22. The van der Waals surface area contributed by atoms with Gasteiger partial charge in [-0.3, -0.25) is 0 Å². The van der Waals surface area contributed by atoms with Crippen molar-refractivity contribution in [1.29, 1.82) is 0 Å². The molecular weight excluding hydrogens is 433 g/mol. The van der Waals surface area contributed by atoms with Gasteiger partial charge < -0.3 is 0 Å². The summed E-state index contributed by atoms with van der Waals surface area (Å²) in [4.78, 5) is -0.152. The fourth-order valence-corrected chi connectivity index (χ4v) is 4.31. The van der Waals surface area contributed by atoms with Gasteiger partial charge in [-0.2, -0.15) is 0 Å². The van der Waals surface area contributed by atoms with Crippen molar-refractivity contribution in [3.63, 3.8) is 0 Å². The van der Waals surface area contributed by atoms with Gasteiger partial charge in [0.05, 0.1) is 35.0 Å². The second-order valence-electron chi connectivity index (χ2n) is 4.38. The van der Waals surface area contributed by atoms with Crippen molar-refractivity contribution in [1.82, 2.24) is 0 Å². The second-order valence-corrected chi connectivity index (χ2v) is 8.72. The van der Waals surface area contributed by atoms with Crippen molar-refractivity contribution in [2.45, 2.75) is 4.90 Å². The van der Waals surface area contributed by atoms with Crippen LogP contribution in [-0.2, 0) is 9.84 Å². The predicted molar refractivity (Wildman–Crippen MR) is 95.0 cm³/mol. The second kappa shape index (κ2) is 6.56. The first-order chi connectivity index (χ1) is 10.0. The minimum absolute atomic E-state index is 0.0688. The molecule has 0 saturated heterocycles. The van der Waals surface area contributed by atoms with E-state index in [0.717, 1.165) is 6.26 Å². The van der Waals surface area contributed by atoms with E-state index in [0.29, 0.717) is 11.1 Å². The third kappa shape index (κ3) is 3.46. The van der Waals surface area contributed by atoms with Crippen molar-refractivity contribution in [3.05, 3.63) is 48.3 Å². The molecule has 0 atom stereocenters. The average molecular weight is 439 g/mol. The van der Waals surface area contributed by atoms with Gasteiger partial charge in [0.15, 0.2) is 9.84 Å². The van der Waals surface area contributed by atoms with E-state index in [1.54, 1.807) is 0 Å². The van der Waals surface area contributed by atoms with Crippen LogP contribution in [0.25, 0.3) is 11.1 Å². The molecule has 0 aliphatic carbocycles. The van der Waals surface area contributed by atoms with Gasteiger partial charge in [-0.05, 0) is 18.2 Å². The highest BCUT2D eigenvalue weighted by molar-refractivity contribution is 7.90. The summed E-state index contributed by atoms with van der Waals surface area (Å²) in [5.74, 6) is 0. The summed E-state index contributed by atoms with van der Waals surface area (Å²) in [7, 11) is -3.61. The summed E-state index contributed by atoms with van der Waals surface area (Å²) >= 11 is 36.2. The van der Waals surface area contributed by atoms with Gasteiger partial charge in [0.2, 0.25) is 0 Å².